The predicted octanol–water partition coefficient (Wildman–Crippen LogP) is 2.85. The maximum Gasteiger partial charge on any atom is 0.416 e. The van der Waals surface area contributed by atoms with E-state index in [9.17, 15) is 22.8 Å². The van der Waals surface area contributed by atoms with E-state index in [1.54, 1.807) is 24.3 Å². The molecule has 0 aromatic heterocycles. The minimum atomic E-state index is -4.51. The highest BCUT2D eigenvalue weighted by Crippen LogP contribution is 2.30. The molecule has 0 aliphatic heterocycles. The minimum Gasteiger partial charge on any atom is -0.497 e. The van der Waals surface area contributed by atoms with E-state index >= 15 is 0 Å². The van der Waals surface area contributed by atoms with Crippen LogP contribution in [0.4, 0.5) is 18.9 Å². The molecule has 0 aliphatic carbocycles. The van der Waals surface area contributed by atoms with Gasteiger partial charge in [0.2, 0.25) is 5.91 Å². The second-order valence-corrected chi connectivity index (χ2v) is 5.37. The number of carbonyl (C=O) groups is 2. The van der Waals surface area contributed by atoms with Crippen LogP contribution in [0.5, 0.6) is 11.5 Å². The van der Waals surface area contributed by atoms with Gasteiger partial charge in [-0.3, -0.25) is 9.59 Å². The van der Waals surface area contributed by atoms with Crippen LogP contribution >= 0.6 is 0 Å². The van der Waals surface area contributed by atoms with Gasteiger partial charge in [-0.1, -0.05) is 6.07 Å². The highest BCUT2D eigenvalue weighted by Gasteiger charge is 2.30. The van der Waals surface area contributed by atoms with Gasteiger partial charge in [0.05, 0.1) is 19.2 Å². The van der Waals surface area contributed by atoms with Gasteiger partial charge < -0.3 is 20.1 Å². The van der Waals surface area contributed by atoms with Crippen molar-refractivity contribution in [2.75, 3.05) is 25.6 Å². The molecule has 2 N–H and O–H groups in total. The molecule has 2 amide bonds. The van der Waals surface area contributed by atoms with Gasteiger partial charge >= 0.3 is 6.18 Å². The van der Waals surface area contributed by atoms with E-state index in [1.165, 1.54) is 19.2 Å². The molecule has 0 saturated heterocycles. The first-order valence-corrected chi connectivity index (χ1v) is 7.78. The summed E-state index contributed by atoms with van der Waals surface area (Å²) in [6.07, 6.45) is -4.51. The standard InChI is InChI=1S/C18H17F3N2O4/c1-26-14-5-7-15(8-6-14)27-11-17(25)22-10-16(24)23-13-4-2-3-12(9-13)18(19,20)21/h2-9H,10-11H2,1H3,(H,22,25)(H,23,24). The molecule has 27 heavy (non-hydrogen) atoms. The molecule has 0 unspecified atom stereocenters. The van der Waals surface area contributed by atoms with Crippen molar-refractivity contribution in [1.29, 1.82) is 0 Å². The van der Waals surface area contributed by atoms with Crippen LogP contribution in [0.1, 0.15) is 5.56 Å². The van der Waals surface area contributed by atoms with Gasteiger partial charge in [0.1, 0.15) is 11.5 Å². The summed E-state index contributed by atoms with van der Waals surface area (Å²) in [7, 11) is 1.52. The molecule has 0 atom stereocenters. The van der Waals surface area contributed by atoms with Crippen molar-refractivity contribution in [3.8, 4) is 11.5 Å². The molecule has 2 aromatic rings. The Morgan fingerprint density at radius 3 is 2.30 bits per heavy atom. The van der Waals surface area contributed by atoms with E-state index in [4.69, 9.17) is 9.47 Å². The number of alkyl halides is 3. The molecule has 144 valence electrons. The van der Waals surface area contributed by atoms with Crippen LogP contribution in [0.25, 0.3) is 0 Å². The minimum absolute atomic E-state index is 0.0152. The molecule has 0 aliphatic rings. The molecule has 0 spiro atoms. The largest absolute Gasteiger partial charge is 0.497 e. The Labute approximate surface area is 153 Å². The van der Waals surface area contributed by atoms with Gasteiger partial charge in [0.15, 0.2) is 6.61 Å². The summed E-state index contributed by atoms with van der Waals surface area (Å²) >= 11 is 0. The third-order valence-corrected chi connectivity index (χ3v) is 3.35. The fraction of sp³-hybridized carbons (Fsp3) is 0.222. The topological polar surface area (TPSA) is 76.7 Å². The summed E-state index contributed by atoms with van der Waals surface area (Å²) in [5.41, 5.74) is -0.893. The summed E-state index contributed by atoms with van der Waals surface area (Å²) in [5, 5.41) is 4.61. The number of carbonyl (C=O) groups excluding carboxylic acids is 2. The second kappa shape index (κ2) is 8.93. The molecule has 2 rings (SSSR count). The highest BCUT2D eigenvalue weighted by molar-refractivity contribution is 5.94. The molecule has 9 heteroatoms. The zero-order valence-corrected chi connectivity index (χ0v) is 14.3. The van der Waals surface area contributed by atoms with Crippen LogP contribution < -0.4 is 20.1 Å². The zero-order valence-electron chi connectivity index (χ0n) is 14.3. The number of methoxy groups -OCH3 is 1. The lowest BCUT2D eigenvalue weighted by Gasteiger charge is -2.11. The average Bonchev–Trinajstić information content (AvgIpc) is 2.64. The monoisotopic (exact) mass is 382 g/mol. The van der Waals surface area contributed by atoms with E-state index in [1.807, 2.05) is 0 Å². The fourth-order valence-corrected chi connectivity index (χ4v) is 2.03. The number of hydrogen-bond acceptors (Lipinski definition) is 4. The third-order valence-electron chi connectivity index (χ3n) is 3.35. The van der Waals surface area contributed by atoms with Crippen molar-refractivity contribution < 1.29 is 32.2 Å². The van der Waals surface area contributed by atoms with Crippen molar-refractivity contribution in [2.24, 2.45) is 0 Å². The van der Waals surface area contributed by atoms with Crippen molar-refractivity contribution in [3.05, 3.63) is 54.1 Å². The first-order chi connectivity index (χ1) is 12.8. The molecule has 0 fully saturated rings. The molecular formula is C18H17F3N2O4. The van der Waals surface area contributed by atoms with Crippen LogP contribution in [0, 0.1) is 0 Å². The van der Waals surface area contributed by atoms with E-state index in [2.05, 4.69) is 10.6 Å². The number of anilines is 1. The smallest absolute Gasteiger partial charge is 0.416 e. The molecule has 0 bridgehead atoms. The summed E-state index contributed by atoms with van der Waals surface area (Å²) in [4.78, 5) is 23.5. The molecular weight excluding hydrogens is 365 g/mol. The lowest BCUT2D eigenvalue weighted by atomic mass is 10.2. The predicted molar refractivity (Wildman–Crippen MR) is 91.6 cm³/mol. The molecule has 2 aromatic carbocycles. The number of halogens is 3. The molecule has 6 nitrogen and oxygen atoms in total. The van der Waals surface area contributed by atoms with Crippen LogP contribution in [0.15, 0.2) is 48.5 Å². The third kappa shape index (κ3) is 6.53. The van der Waals surface area contributed by atoms with Gasteiger partial charge in [0.25, 0.3) is 5.91 Å². The van der Waals surface area contributed by atoms with Gasteiger partial charge in [-0.2, -0.15) is 13.2 Å². The Morgan fingerprint density at radius 2 is 1.67 bits per heavy atom. The van der Waals surface area contributed by atoms with Gasteiger partial charge in [-0.15, -0.1) is 0 Å². The Morgan fingerprint density at radius 1 is 1.00 bits per heavy atom. The maximum absolute atomic E-state index is 12.6. The SMILES string of the molecule is COc1ccc(OCC(=O)NCC(=O)Nc2cccc(C(F)(F)F)c2)cc1. The quantitative estimate of drug-likeness (QED) is 0.772. The average molecular weight is 382 g/mol. The van der Waals surface area contributed by atoms with E-state index in [-0.39, 0.29) is 12.3 Å². The molecule has 0 saturated carbocycles. The number of hydrogen-bond donors (Lipinski definition) is 2. The lowest BCUT2D eigenvalue weighted by molar-refractivity contribution is -0.137. The maximum atomic E-state index is 12.6. The van der Waals surface area contributed by atoms with E-state index in [0.717, 1.165) is 12.1 Å². The Bertz CT molecular complexity index is 792. The van der Waals surface area contributed by atoms with Gasteiger partial charge in [-0.25, -0.2) is 0 Å². The van der Waals surface area contributed by atoms with E-state index in [0.29, 0.717) is 11.5 Å². The Kier molecular flexibility index (Phi) is 6.64. The second-order valence-electron chi connectivity index (χ2n) is 5.37. The molecule has 0 radical (unpaired) electrons. The summed E-state index contributed by atoms with van der Waals surface area (Å²) in [6.45, 7) is -0.718. The summed E-state index contributed by atoms with van der Waals surface area (Å²) in [6, 6.07) is 10.8. The Hall–Kier alpha value is -3.23. The van der Waals surface area contributed by atoms with Gasteiger partial charge in [-0.05, 0) is 42.5 Å². The lowest BCUT2D eigenvalue weighted by Crippen LogP contribution is -2.35. The fourth-order valence-electron chi connectivity index (χ4n) is 2.03. The number of rotatable bonds is 7. The van der Waals surface area contributed by atoms with Crippen LogP contribution in [-0.4, -0.2) is 32.1 Å². The van der Waals surface area contributed by atoms with Crippen molar-refractivity contribution in [3.63, 3.8) is 0 Å². The molecule has 0 heterocycles. The number of nitrogens with one attached hydrogen (secondary N) is 2. The van der Waals surface area contributed by atoms with Crippen molar-refractivity contribution >= 4 is 17.5 Å². The van der Waals surface area contributed by atoms with Crippen LogP contribution in [0.2, 0.25) is 0 Å². The van der Waals surface area contributed by atoms with E-state index < -0.39 is 30.1 Å². The number of amides is 2. The van der Waals surface area contributed by atoms with Crippen LogP contribution in [0.3, 0.4) is 0 Å². The summed E-state index contributed by atoms with van der Waals surface area (Å²) < 4.78 is 48.1. The summed E-state index contributed by atoms with van der Waals surface area (Å²) in [5.74, 6) is -0.130. The first kappa shape index (κ1) is 20.1. The first-order valence-electron chi connectivity index (χ1n) is 7.78. The number of ether oxygens (including phenoxy) is 2. The highest BCUT2D eigenvalue weighted by atomic mass is 19.4. The Balaban J connectivity index is 1.77. The van der Waals surface area contributed by atoms with Crippen molar-refractivity contribution in [2.45, 2.75) is 6.18 Å². The zero-order chi connectivity index (χ0) is 19.9. The van der Waals surface area contributed by atoms with Gasteiger partial charge in [0, 0.05) is 5.69 Å². The number of benzene rings is 2. The normalized spacial score (nSPS) is 10.8. The van der Waals surface area contributed by atoms with Crippen LogP contribution in [-0.2, 0) is 15.8 Å². The van der Waals surface area contributed by atoms with Crippen molar-refractivity contribution in [1.82, 2.24) is 5.32 Å².